The molecule has 0 spiro atoms. The molecule has 7 nitrogen and oxygen atoms in total. The quantitative estimate of drug-likeness (QED) is 0.862. The minimum absolute atomic E-state index is 0.0109. The van der Waals surface area contributed by atoms with Gasteiger partial charge in [-0.05, 0) is 36.4 Å². The fourth-order valence-electron chi connectivity index (χ4n) is 2.80. The molecule has 0 radical (unpaired) electrons. The van der Waals surface area contributed by atoms with E-state index in [1.165, 1.54) is 28.7 Å². The predicted octanol–water partition coefficient (Wildman–Crippen LogP) is 2.16. The molecule has 136 valence electrons. The van der Waals surface area contributed by atoms with E-state index in [0.717, 1.165) is 0 Å². The number of piperidine rings is 1. The smallest absolute Gasteiger partial charge is 0.335 e. The van der Waals surface area contributed by atoms with Gasteiger partial charge in [0.15, 0.2) is 0 Å². The van der Waals surface area contributed by atoms with Crippen LogP contribution in [0.15, 0.2) is 59.5 Å². The van der Waals surface area contributed by atoms with E-state index in [0.29, 0.717) is 18.8 Å². The Morgan fingerprint density at radius 1 is 0.962 bits per heavy atom. The molecule has 1 heterocycles. The van der Waals surface area contributed by atoms with Gasteiger partial charge in [0.05, 0.1) is 16.1 Å². The van der Waals surface area contributed by atoms with Crippen molar-refractivity contribution in [3.8, 4) is 0 Å². The number of benzene rings is 2. The summed E-state index contributed by atoms with van der Waals surface area (Å²) in [5.41, 5.74) is 0.475. The van der Waals surface area contributed by atoms with Crippen LogP contribution in [0.1, 0.15) is 23.2 Å². The lowest BCUT2D eigenvalue weighted by atomic mass is 10.1. The molecule has 3 rings (SSSR count). The molecular formula is C18H18N2O5S. The van der Waals surface area contributed by atoms with E-state index in [4.69, 9.17) is 5.11 Å². The third-order valence-corrected chi connectivity index (χ3v) is 5.92. The van der Waals surface area contributed by atoms with E-state index >= 15 is 0 Å². The van der Waals surface area contributed by atoms with Crippen LogP contribution in [-0.2, 0) is 14.8 Å². The summed E-state index contributed by atoms with van der Waals surface area (Å²) in [4.78, 5) is 22.5. The van der Waals surface area contributed by atoms with Gasteiger partial charge >= 0.3 is 5.97 Å². The Bertz CT molecular complexity index is 900. The normalized spacial score (nSPS) is 15.6. The van der Waals surface area contributed by atoms with Crippen molar-refractivity contribution in [3.63, 3.8) is 0 Å². The topological polar surface area (TPSA) is 95.0 Å². The molecule has 1 aliphatic heterocycles. The van der Waals surface area contributed by atoms with Crippen molar-refractivity contribution in [2.75, 3.05) is 17.5 Å². The number of Topliss-reactive ketones (excluding diaryl/α,β-unsaturated/α-hetero) is 1. The van der Waals surface area contributed by atoms with Crippen molar-refractivity contribution in [2.45, 2.75) is 17.7 Å². The number of nitrogens with zero attached hydrogens (tertiary/aromatic N) is 2. The summed E-state index contributed by atoms with van der Waals surface area (Å²) in [6.07, 6.45) is 0.577. The number of rotatable bonds is 5. The van der Waals surface area contributed by atoms with Crippen LogP contribution >= 0.6 is 0 Å². The highest BCUT2D eigenvalue weighted by Crippen LogP contribution is 2.27. The largest absolute Gasteiger partial charge is 0.478 e. The molecule has 2 aromatic rings. The molecule has 0 aromatic heterocycles. The van der Waals surface area contributed by atoms with Crippen LogP contribution < -0.4 is 4.41 Å². The van der Waals surface area contributed by atoms with Crippen LogP contribution in [0, 0.1) is 0 Å². The second-order valence-electron chi connectivity index (χ2n) is 5.91. The Balaban J connectivity index is 2.02. The summed E-state index contributed by atoms with van der Waals surface area (Å²) in [7, 11) is -3.96. The Morgan fingerprint density at radius 2 is 1.54 bits per heavy atom. The first-order valence-electron chi connectivity index (χ1n) is 8.10. The summed E-state index contributed by atoms with van der Waals surface area (Å²) in [6.45, 7) is 0.611. The van der Waals surface area contributed by atoms with Crippen molar-refractivity contribution in [1.82, 2.24) is 5.01 Å². The molecule has 0 atom stereocenters. The molecule has 0 saturated carbocycles. The zero-order valence-electron chi connectivity index (χ0n) is 13.9. The molecule has 8 heteroatoms. The highest BCUT2D eigenvalue weighted by atomic mass is 32.2. The monoisotopic (exact) mass is 374 g/mol. The zero-order valence-corrected chi connectivity index (χ0v) is 14.7. The molecule has 1 saturated heterocycles. The molecule has 1 fully saturated rings. The number of sulfonamides is 1. The van der Waals surface area contributed by atoms with Crippen molar-refractivity contribution < 1.29 is 23.1 Å². The van der Waals surface area contributed by atoms with E-state index in [-0.39, 0.29) is 29.1 Å². The number of hydrogen-bond acceptors (Lipinski definition) is 5. The number of carboxylic acid groups (broad SMARTS) is 1. The summed E-state index contributed by atoms with van der Waals surface area (Å²) >= 11 is 0. The van der Waals surface area contributed by atoms with Gasteiger partial charge in [-0.2, -0.15) is 12.8 Å². The number of carboxylic acids is 1. The first kappa shape index (κ1) is 18.1. The van der Waals surface area contributed by atoms with Crippen LogP contribution in [-0.4, -0.2) is 43.4 Å². The third-order valence-electron chi connectivity index (χ3n) is 4.16. The Morgan fingerprint density at radius 3 is 2.08 bits per heavy atom. The van der Waals surface area contributed by atoms with Crippen molar-refractivity contribution in [3.05, 3.63) is 60.2 Å². The van der Waals surface area contributed by atoms with E-state index < -0.39 is 16.0 Å². The van der Waals surface area contributed by atoms with Gasteiger partial charge in [-0.15, -0.1) is 0 Å². The molecule has 0 amide bonds. The maximum Gasteiger partial charge on any atom is 0.335 e. The van der Waals surface area contributed by atoms with E-state index in [9.17, 15) is 18.0 Å². The van der Waals surface area contributed by atoms with Gasteiger partial charge in [0.25, 0.3) is 10.0 Å². The maximum absolute atomic E-state index is 13.2. The van der Waals surface area contributed by atoms with Crippen LogP contribution in [0.25, 0.3) is 0 Å². The summed E-state index contributed by atoms with van der Waals surface area (Å²) in [6, 6.07) is 13.7. The van der Waals surface area contributed by atoms with Crippen molar-refractivity contribution in [1.29, 1.82) is 0 Å². The number of carbonyl (C=O) groups excluding carboxylic acids is 1. The standard InChI is InChI=1S/C18H18N2O5S/c21-16-10-12-19(13-11-16)20(15-4-2-1-3-5-15)26(24,25)17-8-6-14(7-9-17)18(22)23/h1-9H,10-13H2,(H,22,23). The van der Waals surface area contributed by atoms with Gasteiger partial charge in [-0.25, -0.2) is 9.80 Å². The Labute approximate surface area is 151 Å². The lowest BCUT2D eigenvalue weighted by molar-refractivity contribution is -0.121. The average molecular weight is 374 g/mol. The van der Waals surface area contributed by atoms with E-state index in [2.05, 4.69) is 0 Å². The van der Waals surface area contributed by atoms with Gasteiger partial charge in [0, 0.05) is 25.9 Å². The Hall–Kier alpha value is -2.71. The summed E-state index contributed by atoms with van der Waals surface area (Å²) in [5, 5.41) is 10.6. The summed E-state index contributed by atoms with van der Waals surface area (Å²) < 4.78 is 27.7. The summed E-state index contributed by atoms with van der Waals surface area (Å²) in [5.74, 6) is -1.01. The van der Waals surface area contributed by atoms with E-state index in [1.807, 2.05) is 0 Å². The highest BCUT2D eigenvalue weighted by molar-refractivity contribution is 7.92. The van der Waals surface area contributed by atoms with Crippen LogP contribution in [0.2, 0.25) is 0 Å². The number of carbonyl (C=O) groups is 2. The second kappa shape index (κ2) is 7.27. The molecule has 0 unspecified atom stereocenters. The first-order valence-corrected chi connectivity index (χ1v) is 9.54. The van der Waals surface area contributed by atoms with Crippen molar-refractivity contribution >= 4 is 27.5 Å². The van der Waals surface area contributed by atoms with Gasteiger partial charge in [-0.3, -0.25) is 4.79 Å². The fourth-order valence-corrected chi connectivity index (χ4v) is 4.35. The molecule has 1 aliphatic rings. The number of para-hydroxylation sites is 1. The zero-order chi connectivity index (χ0) is 18.7. The molecule has 26 heavy (non-hydrogen) atoms. The molecule has 2 aromatic carbocycles. The van der Waals surface area contributed by atoms with Crippen LogP contribution in [0.4, 0.5) is 5.69 Å². The SMILES string of the molecule is O=C1CCN(N(c2ccccc2)S(=O)(=O)c2ccc(C(=O)O)cc2)CC1. The lowest BCUT2D eigenvalue weighted by Gasteiger charge is -2.37. The second-order valence-corrected chi connectivity index (χ2v) is 7.67. The first-order chi connectivity index (χ1) is 12.4. The van der Waals surface area contributed by atoms with Crippen LogP contribution in [0.5, 0.6) is 0 Å². The van der Waals surface area contributed by atoms with Crippen LogP contribution in [0.3, 0.4) is 0 Å². The van der Waals surface area contributed by atoms with Gasteiger partial charge < -0.3 is 5.11 Å². The van der Waals surface area contributed by atoms with Crippen molar-refractivity contribution in [2.24, 2.45) is 0 Å². The number of hydrogen-bond donors (Lipinski definition) is 1. The highest BCUT2D eigenvalue weighted by Gasteiger charge is 2.32. The minimum atomic E-state index is -3.96. The molecule has 0 bridgehead atoms. The number of ketones is 1. The predicted molar refractivity (Wildman–Crippen MR) is 95.3 cm³/mol. The fraction of sp³-hybridized carbons (Fsp3) is 0.222. The van der Waals surface area contributed by atoms with Gasteiger partial charge in [0.2, 0.25) is 0 Å². The van der Waals surface area contributed by atoms with Gasteiger partial charge in [0.1, 0.15) is 5.78 Å². The van der Waals surface area contributed by atoms with E-state index in [1.54, 1.807) is 35.3 Å². The molecule has 1 N–H and O–H groups in total. The molecular weight excluding hydrogens is 356 g/mol. The minimum Gasteiger partial charge on any atom is -0.478 e. The average Bonchev–Trinajstić information content (AvgIpc) is 2.64. The van der Waals surface area contributed by atoms with Gasteiger partial charge in [-0.1, -0.05) is 18.2 Å². The molecule has 0 aliphatic carbocycles. The number of anilines is 1. The Kier molecular flexibility index (Phi) is 5.06. The lowest BCUT2D eigenvalue weighted by Crippen LogP contribution is -2.50. The maximum atomic E-state index is 13.2. The number of hydrazine groups is 1. The number of aromatic carboxylic acids is 1. The third kappa shape index (κ3) is 3.61.